The van der Waals surface area contributed by atoms with Crippen LogP contribution in [0.5, 0.6) is 0 Å². The average molecular weight is 273 g/mol. The maximum Gasteiger partial charge on any atom is 0.228 e. The number of aryl methyl sites for hydroxylation is 1. The Labute approximate surface area is 120 Å². The van der Waals surface area contributed by atoms with E-state index in [1.165, 1.54) is 11.1 Å². The summed E-state index contributed by atoms with van der Waals surface area (Å²) in [5, 5.41) is 9.92. The van der Waals surface area contributed by atoms with Crippen molar-refractivity contribution in [3.63, 3.8) is 0 Å². The van der Waals surface area contributed by atoms with E-state index >= 15 is 0 Å². The number of likely N-dealkylation sites (N-methyl/N-ethyl adjacent to an activating group) is 1. The number of nitrogens with zero attached hydrogens (tertiary/aromatic N) is 1. The maximum absolute atomic E-state index is 12.5. The lowest BCUT2D eigenvalue weighted by atomic mass is 9.87. The van der Waals surface area contributed by atoms with Gasteiger partial charge in [0.15, 0.2) is 0 Å². The molecule has 1 saturated carbocycles. The topological polar surface area (TPSA) is 40.5 Å². The number of aliphatic hydroxyl groups excluding tert-OH is 1. The van der Waals surface area contributed by atoms with Crippen molar-refractivity contribution < 1.29 is 9.90 Å². The normalized spacial score (nSPS) is 29.0. The quantitative estimate of drug-likeness (QED) is 0.897. The van der Waals surface area contributed by atoms with Crippen molar-refractivity contribution >= 4 is 5.91 Å². The van der Waals surface area contributed by atoms with Crippen LogP contribution in [0.25, 0.3) is 0 Å². The van der Waals surface area contributed by atoms with Crippen LogP contribution in [0, 0.1) is 5.92 Å². The van der Waals surface area contributed by atoms with E-state index in [2.05, 4.69) is 24.3 Å². The Hall–Kier alpha value is -1.35. The highest BCUT2D eigenvalue weighted by Crippen LogP contribution is 2.30. The van der Waals surface area contributed by atoms with Gasteiger partial charge in [-0.05, 0) is 49.7 Å². The third kappa shape index (κ3) is 2.47. The van der Waals surface area contributed by atoms with Gasteiger partial charge in [0.25, 0.3) is 0 Å². The molecule has 0 radical (unpaired) electrons. The predicted molar refractivity (Wildman–Crippen MR) is 78.4 cm³/mol. The first kappa shape index (κ1) is 13.6. The summed E-state index contributed by atoms with van der Waals surface area (Å²) < 4.78 is 0. The van der Waals surface area contributed by atoms with E-state index in [4.69, 9.17) is 0 Å². The van der Waals surface area contributed by atoms with Gasteiger partial charge < -0.3 is 10.0 Å². The van der Waals surface area contributed by atoms with Gasteiger partial charge >= 0.3 is 0 Å². The van der Waals surface area contributed by atoms with Crippen molar-refractivity contribution in [2.45, 2.75) is 50.7 Å². The van der Waals surface area contributed by atoms with Gasteiger partial charge in [-0.25, -0.2) is 0 Å². The number of benzene rings is 1. The Bertz CT molecular complexity index is 500. The molecule has 1 aromatic carbocycles. The summed E-state index contributed by atoms with van der Waals surface area (Å²) in [6.07, 6.45) is 5.18. The van der Waals surface area contributed by atoms with E-state index in [0.29, 0.717) is 0 Å². The Kier molecular flexibility index (Phi) is 3.79. The molecule has 3 atom stereocenters. The first-order valence-electron chi connectivity index (χ1n) is 7.68. The van der Waals surface area contributed by atoms with Crippen LogP contribution < -0.4 is 0 Å². The van der Waals surface area contributed by atoms with Crippen molar-refractivity contribution in [1.29, 1.82) is 0 Å². The molecular formula is C17H23NO2. The fourth-order valence-corrected chi connectivity index (χ4v) is 3.68. The molecule has 3 heteroatoms. The zero-order valence-electron chi connectivity index (χ0n) is 12.1. The van der Waals surface area contributed by atoms with E-state index in [-0.39, 0.29) is 17.9 Å². The third-order valence-corrected chi connectivity index (χ3v) is 5.01. The first-order valence-corrected chi connectivity index (χ1v) is 7.68. The molecule has 2 aliphatic carbocycles. The van der Waals surface area contributed by atoms with Crippen LogP contribution in [0.4, 0.5) is 0 Å². The maximum atomic E-state index is 12.5. The number of aliphatic hydroxyl groups is 1. The molecule has 3 unspecified atom stereocenters. The van der Waals surface area contributed by atoms with Gasteiger partial charge in [0, 0.05) is 13.1 Å². The van der Waals surface area contributed by atoms with E-state index in [1.54, 1.807) is 0 Å². The molecule has 1 aromatic rings. The second-order valence-corrected chi connectivity index (χ2v) is 6.22. The SMILES string of the molecule is CN(C(=O)C1CCCC1O)C1CCc2ccccc2C1. The molecule has 3 nitrogen and oxygen atoms in total. The molecule has 1 fully saturated rings. The molecule has 0 aliphatic heterocycles. The standard InChI is InChI=1S/C17H23NO2/c1-18(17(20)15-7-4-8-16(15)19)14-10-9-12-5-2-3-6-13(12)11-14/h2-3,5-6,14-16,19H,4,7-11H2,1H3. The highest BCUT2D eigenvalue weighted by Gasteiger charge is 2.35. The lowest BCUT2D eigenvalue weighted by Crippen LogP contribution is -2.45. The number of hydrogen-bond donors (Lipinski definition) is 1. The van der Waals surface area contributed by atoms with Crippen LogP contribution in [0.15, 0.2) is 24.3 Å². The summed E-state index contributed by atoms with van der Waals surface area (Å²) in [5.41, 5.74) is 2.79. The minimum absolute atomic E-state index is 0.138. The zero-order valence-corrected chi connectivity index (χ0v) is 12.1. The molecule has 0 saturated heterocycles. The molecule has 0 bridgehead atoms. The minimum Gasteiger partial charge on any atom is -0.392 e. The third-order valence-electron chi connectivity index (χ3n) is 5.01. The number of rotatable bonds is 2. The molecule has 1 N–H and O–H groups in total. The summed E-state index contributed by atoms with van der Waals surface area (Å²) in [4.78, 5) is 14.4. The fourth-order valence-electron chi connectivity index (χ4n) is 3.68. The van der Waals surface area contributed by atoms with Gasteiger partial charge in [0.05, 0.1) is 12.0 Å². The monoisotopic (exact) mass is 273 g/mol. The van der Waals surface area contributed by atoms with Crippen LogP contribution in [0.1, 0.15) is 36.8 Å². The lowest BCUT2D eigenvalue weighted by molar-refractivity contribution is -0.139. The summed E-state index contributed by atoms with van der Waals surface area (Å²) in [5.74, 6) is -0.0310. The molecule has 3 rings (SSSR count). The van der Waals surface area contributed by atoms with Crippen molar-refractivity contribution in [1.82, 2.24) is 4.90 Å². The Morgan fingerprint density at radius 2 is 1.95 bits per heavy atom. The smallest absolute Gasteiger partial charge is 0.228 e. The van der Waals surface area contributed by atoms with Gasteiger partial charge in [0.2, 0.25) is 5.91 Å². The van der Waals surface area contributed by atoms with Gasteiger partial charge in [-0.1, -0.05) is 24.3 Å². The number of hydrogen-bond acceptors (Lipinski definition) is 2. The van der Waals surface area contributed by atoms with Crippen LogP contribution in [-0.2, 0) is 17.6 Å². The van der Waals surface area contributed by atoms with Gasteiger partial charge in [0.1, 0.15) is 0 Å². The van der Waals surface area contributed by atoms with Gasteiger partial charge in [-0.15, -0.1) is 0 Å². The van der Waals surface area contributed by atoms with E-state index < -0.39 is 6.10 Å². The zero-order chi connectivity index (χ0) is 14.1. The number of amides is 1. The molecule has 0 aromatic heterocycles. The molecule has 20 heavy (non-hydrogen) atoms. The molecule has 2 aliphatic rings. The van der Waals surface area contributed by atoms with Crippen LogP contribution in [-0.4, -0.2) is 35.1 Å². The van der Waals surface area contributed by atoms with Gasteiger partial charge in [-0.2, -0.15) is 0 Å². The van der Waals surface area contributed by atoms with Gasteiger partial charge in [-0.3, -0.25) is 4.79 Å². The number of carbonyl (C=O) groups excluding carboxylic acids is 1. The fraction of sp³-hybridized carbons (Fsp3) is 0.588. The summed E-state index contributed by atoms with van der Waals surface area (Å²) >= 11 is 0. The van der Waals surface area contributed by atoms with Crippen molar-refractivity contribution in [3.8, 4) is 0 Å². The molecule has 108 valence electrons. The largest absolute Gasteiger partial charge is 0.392 e. The Morgan fingerprint density at radius 3 is 2.65 bits per heavy atom. The molecule has 0 heterocycles. The summed E-state index contributed by atoms with van der Waals surface area (Å²) in [6.45, 7) is 0. The second-order valence-electron chi connectivity index (χ2n) is 6.22. The van der Waals surface area contributed by atoms with Crippen LogP contribution in [0.2, 0.25) is 0 Å². The Morgan fingerprint density at radius 1 is 1.20 bits per heavy atom. The van der Waals surface area contributed by atoms with Crippen LogP contribution in [0.3, 0.4) is 0 Å². The molecule has 1 amide bonds. The van der Waals surface area contributed by atoms with Crippen molar-refractivity contribution in [2.24, 2.45) is 5.92 Å². The van der Waals surface area contributed by atoms with E-state index in [0.717, 1.165) is 38.5 Å². The number of fused-ring (bicyclic) bond motifs is 1. The molecular weight excluding hydrogens is 250 g/mol. The van der Waals surface area contributed by atoms with E-state index in [1.807, 2.05) is 11.9 Å². The van der Waals surface area contributed by atoms with Crippen LogP contribution >= 0.6 is 0 Å². The predicted octanol–water partition coefficient (Wildman–Crippen LogP) is 2.16. The second kappa shape index (κ2) is 5.57. The van der Waals surface area contributed by atoms with E-state index in [9.17, 15) is 9.90 Å². The van der Waals surface area contributed by atoms with Crippen molar-refractivity contribution in [3.05, 3.63) is 35.4 Å². The summed E-state index contributed by atoms with van der Waals surface area (Å²) in [7, 11) is 1.91. The Balaban J connectivity index is 1.69. The lowest BCUT2D eigenvalue weighted by Gasteiger charge is -2.34. The average Bonchev–Trinajstić information content (AvgIpc) is 2.91. The first-order chi connectivity index (χ1) is 9.66. The highest BCUT2D eigenvalue weighted by atomic mass is 16.3. The number of carbonyl (C=O) groups is 1. The minimum atomic E-state index is -0.430. The highest BCUT2D eigenvalue weighted by molar-refractivity contribution is 5.79. The summed E-state index contributed by atoms with van der Waals surface area (Å²) in [6, 6.07) is 8.80. The molecule has 0 spiro atoms. The van der Waals surface area contributed by atoms with Crippen molar-refractivity contribution in [2.75, 3.05) is 7.05 Å².